The summed E-state index contributed by atoms with van der Waals surface area (Å²) in [5.41, 5.74) is 17.3. The summed E-state index contributed by atoms with van der Waals surface area (Å²) in [6, 6.07) is 0. The molecule has 0 fully saturated rings. The maximum Gasteiger partial charge on any atom is 0.288 e. The van der Waals surface area contributed by atoms with Crippen LogP contribution in [0.5, 0.6) is 0 Å². The number of hydrogen-bond acceptors (Lipinski definition) is 6. The van der Waals surface area contributed by atoms with E-state index in [1.807, 2.05) is 0 Å². The number of unbranched alkanes of at least 4 members (excludes halogenated alkanes) is 4. The molecule has 0 bridgehead atoms. The molecule has 0 aromatic carbocycles. The van der Waals surface area contributed by atoms with Gasteiger partial charge in [-0.1, -0.05) is 59.3 Å². The maximum atomic E-state index is 5.89. The normalized spacial score (nSPS) is 16.5. The number of rotatable bonds is 16. The summed E-state index contributed by atoms with van der Waals surface area (Å²) in [4.78, 5) is 0. The van der Waals surface area contributed by atoms with Crippen LogP contribution in [-0.4, -0.2) is 33.1 Å². The van der Waals surface area contributed by atoms with E-state index < -0.39 is 11.8 Å². The molecule has 6 N–H and O–H groups in total. The van der Waals surface area contributed by atoms with Gasteiger partial charge in [0.1, 0.15) is 5.79 Å². The quantitative estimate of drug-likeness (QED) is 0.281. The first-order valence-corrected chi connectivity index (χ1v) is 10.2. The third-order valence-electron chi connectivity index (χ3n) is 5.98. The van der Waals surface area contributed by atoms with E-state index >= 15 is 0 Å². The molecule has 0 saturated heterocycles. The molecule has 0 aliphatic rings. The lowest BCUT2D eigenvalue weighted by Gasteiger charge is -2.51. The first-order chi connectivity index (χ1) is 12.2. The summed E-state index contributed by atoms with van der Waals surface area (Å²) in [6.45, 7) is 6.60. The molecule has 0 spiro atoms. The van der Waals surface area contributed by atoms with Gasteiger partial charge in [-0.3, -0.25) is 0 Å². The zero-order valence-corrected chi connectivity index (χ0v) is 18.1. The Morgan fingerprint density at radius 2 is 1.31 bits per heavy atom. The van der Waals surface area contributed by atoms with E-state index in [0.717, 1.165) is 19.3 Å². The first-order valence-electron chi connectivity index (χ1n) is 10.2. The molecule has 0 aliphatic carbocycles. The van der Waals surface area contributed by atoms with Crippen LogP contribution in [-0.2, 0) is 14.2 Å². The van der Waals surface area contributed by atoms with E-state index in [-0.39, 0.29) is 5.41 Å². The minimum atomic E-state index is -1.22. The van der Waals surface area contributed by atoms with Gasteiger partial charge in [0.15, 0.2) is 0 Å². The van der Waals surface area contributed by atoms with Gasteiger partial charge in [-0.05, 0) is 31.6 Å². The van der Waals surface area contributed by atoms with Gasteiger partial charge >= 0.3 is 0 Å². The van der Waals surface area contributed by atoms with Crippen LogP contribution in [0.1, 0.15) is 85.0 Å². The lowest BCUT2D eigenvalue weighted by molar-refractivity contribution is -0.419. The Labute approximate surface area is 161 Å². The smallest absolute Gasteiger partial charge is 0.288 e. The van der Waals surface area contributed by atoms with Crippen LogP contribution < -0.4 is 17.2 Å². The van der Waals surface area contributed by atoms with Gasteiger partial charge in [-0.2, -0.15) is 0 Å². The van der Waals surface area contributed by atoms with Crippen molar-refractivity contribution < 1.29 is 14.2 Å². The Bertz CT molecular complexity index is 348. The number of hydrogen-bond donors (Lipinski definition) is 3. The van der Waals surface area contributed by atoms with Crippen molar-refractivity contribution in [3.8, 4) is 0 Å². The molecule has 6 nitrogen and oxygen atoms in total. The number of ether oxygens (including phenoxy) is 3. The van der Waals surface area contributed by atoms with E-state index in [0.29, 0.717) is 18.8 Å². The zero-order valence-electron chi connectivity index (χ0n) is 18.1. The number of nitrogens with two attached hydrogens (primary N) is 3. The van der Waals surface area contributed by atoms with Gasteiger partial charge in [0.2, 0.25) is 0 Å². The first kappa shape index (κ1) is 25.8. The van der Waals surface area contributed by atoms with Crippen LogP contribution in [0.2, 0.25) is 0 Å². The topological polar surface area (TPSA) is 106 Å². The molecule has 0 heterocycles. The molecule has 0 amide bonds. The summed E-state index contributed by atoms with van der Waals surface area (Å²) in [5, 5.41) is 0. The Morgan fingerprint density at radius 1 is 0.769 bits per heavy atom. The SMILES string of the molecule is CCCCCCCC(CC)C(CC)(CCC(N)(N)N)C(OC)(OC)OC. The summed E-state index contributed by atoms with van der Waals surface area (Å²) in [5.74, 6) is -2.01. The minimum absolute atomic E-state index is 0.358. The summed E-state index contributed by atoms with van der Waals surface area (Å²) >= 11 is 0. The summed E-state index contributed by atoms with van der Waals surface area (Å²) in [6.07, 6.45) is 10.3. The van der Waals surface area contributed by atoms with Crippen molar-refractivity contribution in [3.63, 3.8) is 0 Å². The van der Waals surface area contributed by atoms with Gasteiger partial charge in [-0.15, -0.1) is 0 Å². The number of methoxy groups -OCH3 is 3. The molecule has 0 aromatic heterocycles. The van der Waals surface area contributed by atoms with E-state index in [4.69, 9.17) is 31.4 Å². The van der Waals surface area contributed by atoms with E-state index in [1.165, 1.54) is 32.1 Å². The van der Waals surface area contributed by atoms with E-state index in [9.17, 15) is 0 Å². The molecule has 0 radical (unpaired) electrons. The molecule has 0 aliphatic heterocycles. The lowest BCUT2D eigenvalue weighted by Crippen LogP contribution is -2.61. The van der Waals surface area contributed by atoms with Gasteiger partial charge in [0.05, 0.1) is 5.41 Å². The van der Waals surface area contributed by atoms with Crippen LogP contribution in [0, 0.1) is 11.3 Å². The lowest BCUT2D eigenvalue weighted by atomic mass is 9.64. The molecular formula is C20H45N3O3. The van der Waals surface area contributed by atoms with Gasteiger partial charge in [0, 0.05) is 21.3 Å². The predicted molar refractivity (Wildman–Crippen MR) is 108 cm³/mol. The molecule has 0 rings (SSSR count). The van der Waals surface area contributed by atoms with Crippen molar-refractivity contribution in [2.75, 3.05) is 21.3 Å². The van der Waals surface area contributed by atoms with Crippen molar-refractivity contribution in [2.45, 2.75) is 96.7 Å². The van der Waals surface area contributed by atoms with E-state index in [2.05, 4.69) is 20.8 Å². The molecule has 0 saturated carbocycles. The Kier molecular flexibility index (Phi) is 12.2. The highest BCUT2D eigenvalue weighted by Gasteiger charge is 2.56. The third-order valence-corrected chi connectivity index (χ3v) is 5.98. The fraction of sp³-hybridized carbons (Fsp3) is 1.00. The van der Waals surface area contributed by atoms with Crippen LogP contribution >= 0.6 is 0 Å². The largest absolute Gasteiger partial charge is 0.330 e. The fourth-order valence-electron chi connectivity index (χ4n) is 4.45. The highest BCUT2D eigenvalue weighted by atomic mass is 16.9. The average Bonchev–Trinajstić information content (AvgIpc) is 2.62. The molecular weight excluding hydrogens is 330 g/mol. The van der Waals surface area contributed by atoms with Crippen molar-refractivity contribution in [1.82, 2.24) is 0 Å². The molecule has 2 atom stereocenters. The Balaban J connectivity index is 5.61. The van der Waals surface area contributed by atoms with Gasteiger partial charge in [-0.25, -0.2) is 0 Å². The second kappa shape index (κ2) is 12.3. The second-order valence-electron chi connectivity index (χ2n) is 7.60. The summed E-state index contributed by atoms with van der Waals surface area (Å²) in [7, 11) is 4.89. The monoisotopic (exact) mass is 375 g/mol. The Hall–Kier alpha value is -0.240. The maximum absolute atomic E-state index is 5.89. The standard InChI is InChI=1S/C20H45N3O3/c1-7-10-11-12-13-14-17(8-2)18(9-3,15-16-19(21,22)23)20(24-4,25-5)26-6/h17H,7-16,21-23H2,1-6H3. The van der Waals surface area contributed by atoms with E-state index in [1.54, 1.807) is 21.3 Å². The minimum Gasteiger partial charge on any atom is -0.330 e. The highest BCUT2D eigenvalue weighted by Crippen LogP contribution is 2.52. The van der Waals surface area contributed by atoms with Gasteiger partial charge in [0.25, 0.3) is 5.97 Å². The van der Waals surface area contributed by atoms with Crippen molar-refractivity contribution >= 4 is 0 Å². The highest BCUT2D eigenvalue weighted by molar-refractivity contribution is 4.94. The predicted octanol–water partition coefficient (Wildman–Crippen LogP) is 3.67. The fourth-order valence-corrected chi connectivity index (χ4v) is 4.45. The van der Waals surface area contributed by atoms with Crippen molar-refractivity contribution in [1.29, 1.82) is 0 Å². The van der Waals surface area contributed by atoms with Crippen LogP contribution in [0.3, 0.4) is 0 Å². The third kappa shape index (κ3) is 6.73. The molecule has 0 aromatic rings. The van der Waals surface area contributed by atoms with Crippen molar-refractivity contribution in [2.24, 2.45) is 28.5 Å². The molecule has 26 heavy (non-hydrogen) atoms. The second-order valence-corrected chi connectivity index (χ2v) is 7.60. The molecule has 2 unspecified atom stereocenters. The summed E-state index contributed by atoms with van der Waals surface area (Å²) < 4.78 is 17.5. The van der Waals surface area contributed by atoms with Crippen LogP contribution in [0.15, 0.2) is 0 Å². The van der Waals surface area contributed by atoms with Crippen LogP contribution in [0.4, 0.5) is 0 Å². The zero-order chi connectivity index (χ0) is 20.3. The van der Waals surface area contributed by atoms with Gasteiger partial charge < -0.3 is 31.4 Å². The van der Waals surface area contributed by atoms with Crippen molar-refractivity contribution in [3.05, 3.63) is 0 Å². The van der Waals surface area contributed by atoms with Crippen LogP contribution in [0.25, 0.3) is 0 Å². The molecule has 158 valence electrons. The Morgan fingerprint density at radius 3 is 1.69 bits per heavy atom. The average molecular weight is 376 g/mol. The molecule has 6 heteroatoms.